The van der Waals surface area contributed by atoms with E-state index >= 15 is 0 Å². The third-order valence-electron chi connectivity index (χ3n) is 22.9. The number of fused-ring (bicyclic) bond motifs is 7. The Hall–Kier alpha value is -14.5. The van der Waals surface area contributed by atoms with Crippen LogP contribution in [0.5, 0.6) is 28.9 Å². The van der Waals surface area contributed by atoms with Crippen molar-refractivity contribution >= 4 is 203 Å². The summed E-state index contributed by atoms with van der Waals surface area (Å²) >= 11 is 3.38. The molecule has 9 aliphatic heterocycles. The molecule has 38 nitrogen and oxygen atoms in total. The molecule has 5 atom stereocenters. The number of ether oxygens (including phenoxy) is 5. The topological polar surface area (TPSA) is 431 Å². The number of pyridine rings is 4. The normalized spacial score (nSPS) is 18.9. The van der Waals surface area contributed by atoms with Gasteiger partial charge in [0.25, 0.3) is 29.5 Å². The number of amides is 5. The fraction of sp³-hybridized carbons (Fsp3) is 0.213. The fourth-order valence-electron chi connectivity index (χ4n) is 16.3. The lowest BCUT2D eigenvalue weighted by atomic mass is 10.0. The lowest BCUT2D eigenvalue weighted by Crippen LogP contribution is -2.30. The molecular weight excluding hydrogens is 1870 g/mol. The Morgan fingerprint density at radius 1 is 0.383 bits per heavy atom. The molecule has 0 radical (unpaired) electrons. The number of halogens is 1. The molecule has 23 rings (SSSR count). The molecule has 18 heterocycles. The summed E-state index contributed by atoms with van der Waals surface area (Å²) in [5, 5.41) is 27.4. The van der Waals surface area contributed by atoms with Crippen molar-refractivity contribution in [2.24, 2.45) is 0 Å². The maximum absolute atomic E-state index is 12.3. The van der Waals surface area contributed by atoms with Gasteiger partial charge in [-0.2, -0.15) is 25.5 Å². The summed E-state index contributed by atoms with van der Waals surface area (Å²) in [6.45, 7) is 7.03. The van der Waals surface area contributed by atoms with Crippen molar-refractivity contribution in [2.75, 3.05) is 108 Å². The molecule has 2 saturated heterocycles. The third-order valence-corrected chi connectivity index (χ3v) is 28.6. The third kappa shape index (κ3) is 17.8. The predicted molar refractivity (Wildman–Crippen MR) is 511 cm³/mol. The molecule has 9 aliphatic rings. The molecule has 44 heteroatoms. The average molecular weight is 1950 g/mol. The number of rotatable bonds is 14. The second-order valence-corrected chi connectivity index (χ2v) is 37.9. The predicted octanol–water partition coefficient (Wildman–Crippen LogP) is 9.82. The van der Waals surface area contributed by atoms with E-state index < -0.39 is 66.7 Å². The smallest absolute Gasteiger partial charge is 0.258 e. The van der Waals surface area contributed by atoms with E-state index in [9.17, 15) is 45.0 Å². The van der Waals surface area contributed by atoms with Crippen LogP contribution in [-0.2, 0) is 78.9 Å². The van der Waals surface area contributed by atoms with Crippen LogP contribution in [0.1, 0.15) is 38.5 Å². The molecule has 0 saturated carbocycles. The van der Waals surface area contributed by atoms with Crippen LogP contribution >= 0.6 is 15.9 Å². The minimum Gasteiger partial charge on any atom is -0.497 e. The van der Waals surface area contributed by atoms with E-state index in [0.29, 0.717) is 72.5 Å². The largest absolute Gasteiger partial charge is 0.497 e. The van der Waals surface area contributed by atoms with Crippen LogP contribution in [0.4, 0.5) is 23.1 Å². The quantitative estimate of drug-likeness (QED) is 0.0675. The second kappa shape index (κ2) is 37.4. The molecule has 0 spiro atoms. The number of hydrogen-bond donors (Lipinski definition) is 5. The van der Waals surface area contributed by atoms with Gasteiger partial charge in [0, 0.05) is 138 Å². The summed E-state index contributed by atoms with van der Waals surface area (Å²) in [5.74, 6) is 4.20. The molecular formula is C89H80BrN23O15S5. The summed E-state index contributed by atoms with van der Waals surface area (Å²) in [5.41, 5.74) is 12.0. The minimum absolute atomic E-state index is 0.299. The molecule has 5 aromatic carbocycles. The molecule has 678 valence electrons. The summed E-state index contributed by atoms with van der Waals surface area (Å²) in [6.07, 6.45) is 25.9. The number of piperidine rings is 2. The van der Waals surface area contributed by atoms with Crippen molar-refractivity contribution in [3.63, 3.8) is 0 Å². The van der Waals surface area contributed by atoms with Crippen LogP contribution in [0, 0.1) is 0 Å². The molecule has 14 aromatic rings. The number of carbonyl (C=O) groups is 5. The van der Waals surface area contributed by atoms with Gasteiger partial charge in [0.05, 0.1) is 115 Å². The van der Waals surface area contributed by atoms with Crippen molar-refractivity contribution in [1.29, 1.82) is 0 Å². The van der Waals surface area contributed by atoms with Crippen LogP contribution < -0.4 is 66.9 Å². The Labute approximate surface area is 778 Å². The van der Waals surface area contributed by atoms with Crippen LogP contribution in [0.15, 0.2) is 200 Å². The van der Waals surface area contributed by atoms with Crippen LogP contribution in [0.25, 0.3) is 124 Å². The summed E-state index contributed by atoms with van der Waals surface area (Å²) in [4.78, 5) is 84.8. The Balaban J connectivity index is 0.000000108. The highest BCUT2D eigenvalue weighted by atomic mass is 79.9. The van der Waals surface area contributed by atoms with Gasteiger partial charge in [0.2, 0.25) is 5.88 Å². The molecule has 5 N–H and O–H groups in total. The Kier molecular flexibility index (Phi) is 24.7. The van der Waals surface area contributed by atoms with Gasteiger partial charge in [-0.1, -0.05) is 28.1 Å². The van der Waals surface area contributed by atoms with Gasteiger partial charge in [-0.05, 0) is 152 Å². The lowest BCUT2D eigenvalue weighted by molar-refractivity contribution is -0.115. The van der Waals surface area contributed by atoms with Gasteiger partial charge in [0.15, 0.2) is 91.6 Å². The van der Waals surface area contributed by atoms with E-state index in [1.165, 1.54) is 92.3 Å². The van der Waals surface area contributed by atoms with Crippen molar-refractivity contribution in [3.8, 4) is 73.6 Å². The van der Waals surface area contributed by atoms with Gasteiger partial charge >= 0.3 is 0 Å². The van der Waals surface area contributed by atoms with Crippen molar-refractivity contribution in [2.45, 2.75) is 38.5 Å². The number of carbonyl (C=O) groups excluding carboxylic acids is 5. The molecule has 0 aliphatic carbocycles. The molecule has 5 amide bonds. The number of nitrogens with one attached hydrogen (secondary N) is 5. The highest BCUT2D eigenvalue weighted by molar-refractivity contribution is 9.10. The Morgan fingerprint density at radius 3 is 1.31 bits per heavy atom. The minimum atomic E-state index is -1.64. The molecule has 133 heavy (non-hydrogen) atoms. The van der Waals surface area contributed by atoms with Gasteiger partial charge in [0.1, 0.15) is 42.1 Å². The van der Waals surface area contributed by atoms with Crippen LogP contribution in [-0.4, -0.2) is 207 Å². The van der Waals surface area contributed by atoms with E-state index in [2.05, 4.69) is 107 Å². The molecule has 5 unspecified atom stereocenters. The first-order valence-corrected chi connectivity index (χ1v) is 48.3. The van der Waals surface area contributed by atoms with E-state index in [1.807, 2.05) is 136 Å². The number of nitrogens with zero attached hydrogens (tertiary/aromatic N) is 18. The first kappa shape index (κ1) is 87.8. The highest BCUT2D eigenvalue weighted by Gasteiger charge is 2.32. The van der Waals surface area contributed by atoms with Crippen LogP contribution in [0.3, 0.4) is 0 Å². The maximum atomic E-state index is 12.3. The van der Waals surface area contributed by atoms with E-state index in [-0.39, 0.29) is 17.7 Å². The standard InChI is InChI=1S/2C21H21N5O3S.2C18H15N5O3S.C11H8BrN3O3S/c1-29-15-9-16(14-5-6-19(22-12-14)25-7-3-2-4-8-25)17-13-23-26(18(17)10-15)21-11-20(27)24-30(21)28;1-29-15-10-16(14-5-6-22-19(9-14)25-7-3-2-4-8-25)17-13-23-26(18(17)11-15)21-12-20(27)24-30(21)28;1-22-6-7-26-15-5-3-13(20-18(15)22)11-2-4-14-12(8-11)10-19-23(14)17-9-16(24)21-27(17)25;1-22-6-7-26-18-15(22)5-3-13(20-18)11-2-4-14-12(8-11)10-19-23(14)17-9-16(24)21-27(17)25;1-18-9-3-6(12)2-8-7(9)5-13-15(8)11-4-10(16)14-19(11)17/h2*5-6,9-13H,2-4,7-8H2,1H3,(H,24,27);2*2-5,8-10H,6-7H2,1H3,(H,21,24);2-5H,1H3,(H,14,16). The Morgan fingerprint density at radius 2 is 0.827 bits per heavy atom. The number of aromatic nitrogens is 14. The molecule has 0 bridgehead atoms. The zero-order valence-electron chi connectivity index (χ0n) is 71.5. The number of anilines is 4. The molecule has 2 fully saturated rings. The lowest BCUT2D eigenvalue weighted by Gasteiger charge is -2.28. The van der Waals surface area contributed by atoms with Gasteiger partial charge < -0.3 is 43.3 Å². The second-order valence-electron chi connectivity index (χ2n) is 31.2. The van der Waals surface area contributed by atoms with Gasteiger partial charge in [-0.15, -0.1) is 0 Å². The highest BCUT2D eigenvalue weighted by Crippen LogP contribution is 2.42. The average Bonchev–Trinajstić information content (AvgIpc) is 1.63. The zero-order chi connectivity index (χ0) is 92.0. The first-order chi connectivity index (χ1) is 64.6. The van der Waals surface area contributed by atoms with Gasteiger partial charge in [-0.25, -0.2) is 64.4 Å². The number of hydrogen-bond acceptors (Lipinski definition) is 28. The van der Waals surface area contributed by atoms with Crippen molar-refractivity contribution < 1.29 is 68.7 Å². The zero-order valence-corrected chi connectivity index (χ0v) is 77.1. The number of likely N-dealkylation sites (N-methyl/N-ethyl adjacent to an activating group) is 2. The van der Waals surface area contributed by atoms with Crippen molar-refractivity contribution in [3.05, 3.63) is 200 Å². The van der Waals surface area contributed by atoms with E-state index in [4.69, 9.17) is 33.7 Å². The summed E-state index contributed by atoms with van der Waals surface area (Å²) < 4.78 is 108. The van der Waals surface area contributed by atoms with E-state index in [1.54, 1.807) is 52.3 Å². The van der Waals surface area contributed by atoms with E-state index in [0.717, 1.165) is 161 Å². The monoisotopic (exact) mass is 1950 g/mol. The maximum Gasteiger partial charge on any atom is 0.258 e. The van der Waals surface area contributed by atoms with Gasteiger partial charge in [-0.3, -0.25) is 47.6 Å². The first-order valence-electron chi connectivity index (χ1n) is 41.7. The summed E-state index contributed by atoms with van der Waals surface area (Å²) in [6, 6.07) is 38.8. The van der Waals surface area contributed by atoms with Crippen molar-refractivity contribution in [1.82, 2.24) is 92.4 Å². The summed E-state index contributed by atoms with van der Waals surface area (Å²) in [7, 11) is 0.737. The number of benzene rings is 5. The fourth-order valence-corrected chi connectivity index (χ4v) is 21.0. The SMILES string of the molecule is CN1CCOc2ccc(-c3ccc4c(cnn4C4=CC(=O)NS4=O)c3)nc21.CN1CCOc2nc(-c3ccc4c(cnn4C4=CC(=O)NS4=O)c3)ccc21.COc1cc(-c2ccc(N3CCCCC3)nc2)c2cnn(C3=CC(=O)NS3=O)c2c1.COc1cc(-c2ccnc(N3CCCCC3)c2)c2cnn(C3=CC(=O)NS3=O)c2c1.COc1cc(Br)cc2c1cnn2C1=CC(=O)NS1=O. The Bertz CT molecular complexity index is 7440. The number of methoxy groups -OCH3 is 3. The molecule has 9 aromatic heterocycles. The van der Waals surface area contributed by atoms with Crippen LogP contribution in [0.2, 0.25) is 0 Å².